The maximum Gasteiger partial charge on any atom is 0.138 e. The molecule has 2 rings (SSSR count). The van der Waals surface area contributed by atoms with E-state index in [4.69, 9.17) is 5.73 Å². The molecular weight excluding hydrogens is 216 g/mol. The molecule has 0 bridgehead atoms. The van der Waals surface area contributed by atoms with Gasteiger partial charge >= 0.3 is 0 Å². The summed E-state index contributed by atoms with van der Waals surface area (Å²) in [5.74, 6) is 0.780. The third-order valence-corrected chi connectivity index (χ3v) is 2.67. The molecule has 1 atom stereocenters. The highest BCUT2D eigenvalue weighted by atomic mass is 16.3. The molecule has 0 amide bonds. The fourth-order valence-electron chi connectivity index (χ4n) is 1.77. The van der Waals surface area contributed by atoms with Crippen LogP contribution in [0, 0.1) is 0 Å². The molecule has 0 saturated carbocycles. The number of hydrogen-bond acceptors (Lipinski definition) is 4. The number of aryl methyl sites for hydroxylation is 1. The minimum atomic E-state index is -0.604. The van der Waals surface area contributed by atoms with Crippen LogP contribution in [0.2, 0.25) is 0 Å². The number of anilines is 1. The third-order valence-electron chi connectivity index (χ3n) is 2.67. The summed E-state index contributed by atoms with van der Waals surface area (Å²) in [4.78, 5) is 4.14. The van der Waals surface area contributed by atoms with Crippen molar-refractivity contribution >= 4 is 5.69 Å². The molecule has 2 aromatic rings. The Morgan fingerprint density at radius 2 is 2.29 bits per heavy atom. The normalized spacial score (nSPS) is 12.6. The average Bonchev–Trinajstić information content (AvgIpc) is 2.76. The first-order valence-corrected chi connectivity index (χ1v) is 5.61. The topological polar surface area (TPSA) is 77.0 Å². The van der Waals surface area contributed by atoms with Crippen molar-refractivity contribution in [3.63, 3.8) is 0 Å². The van der Waals surface area contributed by atoms with E-state index in [1.54, 1.807) is 16.8 Å². The van der Waals surface area contributed by atoms with Crippen molar-refractivity contribution in [1.29, 1.82) is 0 Å². The minimum absolute atomic E-state index is 0.442. The summed E-state index contributed by atoms with van der Waals surface area (Å²) in [6, 6.07) is 7.26. The Hall–Kier alpha value is -1.88. The van der Waals surface area contributed by atoms with Gasteiger partial charge in [-0.1, -0.05) is 12.1 Å². The van der Waals surface area contributed by atoms with Crippen molar-refractivity contribution in [1.82, 2.24) is 14.8 Å². The van der Waals surface area contributed by atoms with E-state index in [1.807, 2.05) is 19.1 Å². The largest absolute Gasteiger partial charge is 0.399 e. The molecule has 3 N–H and O–H groups in total. The van der Waals surface area contributed by atoms with Gasteiger partial charge in [0.2, 0.25) is 0 Å². The van der Waals surface area contributed by atoms with Crippen LogP contribution in [0.1, 0.15) is 24.4 Å². The molecule has 17 heavy (non-hydrogen) atoms. The fraction of sp³-hybridized carbons (Fsp3) is 0.333. The molecule has 5 heteroatoms. The summed E-state index contributed by atoms with van der Waals surface area (Å²) in [7, 11) is 0. The maximum atomic E-state index is 10.1. The number of nitrogens with two attached hydrogens (primary N) is 1. The number of aromatic nitrogens is 3. The van der Waals surface area contributed by atoms with E-state index in [0.717, 1.165) is 17.9 Å². The zero-order chi connectivity index (χ0) is 12.3. The number of nitrogens with zero attached hydrogens (tertiary/aromatic N) is 3. The van der Waals surface area contributed by atoms with Crippen LogP contribution in [0.4, 0.5) is 5.69 Å². The number of aliphatic hydroxyl groups is 1. The van der Waals surface area contributed by atoms with Gasteiger partial charge in [-0.3, -0.25) is 4.68 Å². The van der Waals surface area contributed by atoms with Gasteiger partial charge in [0.25, 0.3) is 0 Å². The van der Waals surface area contributed by atoms with Crippen LogP contribution in [0.15, 0.2) is 30.6 Å². The van der Waals surface area contributed by atoms with Crippen LogP contribution in [0.5, 0.6) is 0 Å². The smallest absolute Gasteiger partial charge is 0.138 e. The van der Waals surface area contributed by atoms with E-state index in [0.29, 0.717) is 12.1 Å². The Morgan fingerprint density at radius 3 is 3.00 bits per heavy atom. The number of benzene rings is 1. The van der Waals surface area contributed by atoms with Gasteiger partial charge in [0, 0.05) is 18.7 Å². The standard InChI is InChI=1S/C12H16N4O/c1-2-16-12(14-8-15-16)7-11(17)9-4-3-5-10(13)6-9/h3-6,8,11,17H,2,7,13H2,1H3. The monoisotopic (exact) mass is 232 g/mol. The van der Waals surface area contributed by atoms with Crippen LogP contribution < -0.4 is 5.73 Å². The maximum absolute atomic E-state index is 10.1. The SMILES string of the molecule is CCn1ncnc1CC(O)c1cccc(N)c1. The van der Waals surface area contributed by atoms with E-state index in [2.05, 4.69) is 10.1 Å². The first-order valence-electron chi connectivity index (χ1n) is 5.61. The summed E-state index contributed by atoms with van der Waals surface area (Å²) in [5.41, 5.74) is 7.13. The van der Waals surface area contributed by atoms with Crippen molar-refractivity contribution < 1.29 is 5.11 Å². The Morgan fingerprint density at radius 1 is 1.47 bits per heavy atom. The van der Waals surface area contributed by atoms with E-state index < -0.39 is 6.10 Å². The predicted octanol–water partition coefficient (Wildman–Crippen LogP) is 1.16. The molecule has 1 unspecified atom stereocenters. The average molecular weight is 232 g/mol. The van der Waals surface area contributed by atoms with Crippen molar-refractivity contribution in [3.05, 3.63) is 42.0 Å². The number of nitrogen functional groups attached to an aromatic ring is 1. The Balaban J connectivity index is 2.14. The molecule has 0 saturated heterocycles. The number of aliphatic hydroxyl groups excluding tert-OH is 1. The number of hydrogen-bond donors (Lipinski definition) is 2. The quantitative estimate of drug-likeness (QED) is 0.775. The zero-order valence-corrected chi connectivity index (χ0v) is 9.74. The highest BCUT2D eigenvalue weighted by molar-refractivity contribution is 5.41. The van der Waals surface area contributed by atoms with Gasteiger partial charge in [0.05, 0.1) is 6.10 Å². The Bertz CT molecular complexity index is 495. The van der Waals surface area contributed by atoms with Gasteiger partial charge in [-0.2, -0.15) is 5.10 Å². The summed E-state index contributed by atoms with van der Waals surface area (Å²) < 4.78 is 1.77. The van der Waals surface area contributed by atoms with Gasteiger partial charge < -0.3 is 10.8 Å². The highest BCUT2D eigenvalue weighted by Gasteiger charge is 2.12. The molecule has 0 aliphatic carbocycles. The molecule has 5 nitrogen and oxygen atoms in total. The van der Waals surface area contributed by atoms with Crippen molar-refractivity contribution in [3.8, 4) is 0 Å². The molecule has 1 aromatic heterocycles. The van der Waals surface area contributed by atoms with Crippen LogP contribution in [-0.2, 0) is 13.0 Å². The van der Waals surface area contributed by atoms with E-state index in [1.165, 1.54) is 6.33 Å². The van der Waals surface area contributed by atoms with Crippen LogP contribution in [-0.4, -0.2) is 19.9 Å². The highest BCUT2D eigenvalue weighted by Crippen LogP contribution is 2.19. The van der Waals surface area contributed by atoms with E-state index >= 15 is 0 Å². The summed E-state index contributed by atoms with van der Waals surface area (Å²) in [6.45, 7) is 2.74. The first kappa shape index (κ1) is 11.6. The fourth-order valence-corrected chi connectivity index (χ4v) is 1.77. The Kier molecular flexibility index (Phi) is 3.39. The molecule has 90 valence electrons. The predicted molar refractivity (Wildman–Crippen MR) is 65.2 cm³/mol. The molecule has 0 fully saturated rings. The minimum Gasteiger partial charge on any atom is -0.399 e. The van der Waals surface area contributed by atoms with Crippen molar-refractivity contribution in [2.45, 2.75) is 26.0 Å². The molecule has 0 spiro atoms. The lowest BCUT2D eigenvalue weighted by Crippen LogP contribution is -2.09. The number of rotatable bonds is 4. The van der Waals surface area contributed by atoms with Gasteiger partial charge in [-0.05, 0) is 24.6 Å². The van der Waals surface area contributed by atoms with Crippen molar-refractivity contribution in [2.75, 3.05) is 5.73 Å². The van der Waals surface area contributed by atoms with Crippen LogP contribution in [0.3, 0.4) is 0 Å². The lowest BCUT2D eigenvalue weighted by atomic mass is 10.1. The van der Waals surface area contributed by atoms with Crippen LogP contribution in [0.25, 0.3) is 0 Å². The molecule has 0 aliphatic rings. The second-order valence-electron chi connectivity index (χ2n) is 3.88. The van der Waals surface area contributed by atoms with Crippen molar-refractivity contribution in [2.24, 2.45) is 0 Å². The zero-order valence-electron chi connectivity index (χ0n) is 9.74. The van der Waals surface area contributed by atoms with Gasteiger partial charge in [-0.15, -0.1) is 0 Å². The first-order chi connectivity index (χ1) is 8.20. The molecular formula is C12H16N4O. The summed E-state index contributed by atoms with van der Waals surface area (Å²) in [5, 5.41) is 14.2. The third kappa shape index (κ3) is 2.62. The van der Waals surface area contributed by atoms with E-state index in [-0.39, 0.29) is 0 Å². The molecule has 1 aromatic carbocycles. The van der Waals surface area contributed by atoms with Crippen LogP contribution >= 0.6 is 0 Å². The second kappa shape index (κ2) is 4.97. The van der Waals surface area contributed by atoms with Gasteiger partial charge in [0.15, 0.2) is 0 Å². The lowest BCUT2D eigenvalue weighted by Gasteiger charge is -2.11. The summed E-state index contributed by atoms with van der Waals surface area (Å²) in [6.07, 6.45) is 1.34. The lowest BCUT2D eigenvalue weighted by molar-refractivity contribution is 0.174. The summed E-state index contributed by atoms with van der Waals surface area (Å²) >= 11 is 0. The molecule has 1 heterocycles. The molecule has 0 aliphatic heterocycles. The van der Waals surface area contributed by atoms with E-state index in [9.17, 15) is 5.11 Å². The molecule has 0 radical (unpaired) electrons. The Labute approximate surface area is 99.9 Å². The van der Waals surface area contributed by atoms with Gasteiger partial charge in [0.1, 0.15) is 12.2 Å². The second-order valence-corrected chi connectivity index (χ2v) is 3.88. The van der Waals surface area contributed by atoms with Gasteiger partial charge in [-0.25, -0.2) is 4.98 Å².